The molecule has 22 heavy (non-hydrogen) atoms. The van der Waals surface area contributed by atoms with Gasteiger partial charge in [0.2, 0.25) is 0 Å². The van der Waals surface area contributed by atoms with Crippen LogP contribution in [0.25, 0.3) is 21.5 Å². The van der Waals surface area contributed by atoms with Crippen molar-refractivity contribution < 1.29 is 0 Å². The lowest BCUT2D eigenvalue weighted by atomic mass is 10.0. The Morgan fingerprint density at radius 1 is 0.773 bits per heavy atom. The molecule has 0 N–H and O–H groups in total. The van der Waals surface area contributed by atoms with Gasteiger partial charge in [-0.15, -0.1) is 0 Å². The molecular formula is C19H19NO2. The van der Waals surface area contributed by atoms with E-state index in [1.54, 1.807) is 12.1 Å². The highest BCUT2D eigenvalue weighted by Gasteiger charge is 2.23. The molecule has 0 aliphatic carbocycles. The molecule has 3 nitrogen and oxygen atoms in total. The third-order valence-electron chi connectivity index (χ3n) is 4.48. The van der Waals surface area contributed by atoms with E-state index in [9.17, 15) is 9.59 Å². The fraction of sp³-hybridized carbons (Fsp3) is 0.263. The number of benzene rings is 2. The number of hydrogen-bond acceptors (Lipinski definition) is 2. The number of nitrogens with zero attached hydrogens (tertiary/aromatic N) is 1. The summed E-state index contributed by atoms with van der Waals surface area (Å²) in [6.45, 7) is 5.85. The molecule has 0 unspecified atom stereocenters. The minimum atomic E-state index is -0.529. The normalized spacial score (nSPS) is 12.0. The molecule has 3 aromatic rings. The van der Waals surface area contributed by atoms with Crippen molar-refractivity contribution in [1.82, 2.24) is 4.57 Å². The van der Waals surface area contributed by atoms with Crippen molar-refractivity contribution in [3.05, 3.63) is 69.2 Å². The molecule has 0 spiro atoms. The molecule has 0 saturated heterocycles. The predicted octanol–water partition coefficient (Wildman–Crippen LogP) is 3.66. The van der Waals surface area contributed by atoms with Crippen LogP contribution in [0.15, 0.2) is 58.1 Å². The van der Waals surface area contributed by atoms with Gasteiger partial charge in [0, 0.05) is 16.3 Å². The van der Waals surface area contributed by atoms with Crippen molar-refractivity contribution in [3.8, 4) is 0 Å². The third-order valence-corrected chi connectivity index (χ3v) is 4.48. The van der Waals surface area contributed by atoms with E-state index in [4.69, 9.17) is 0 Å². The summed E-state index contributed by atoms with van der Waals surface area (Å²) < 4.78 is 1.41. The van der Waals surface area contributed by atoms with Crippen LogP contribution in [-0.4, -0.2) is 4.57 Å². The van der Waals surface area contributed by atoms with Crippen LogP contribution in [0.5, 0.6) is 0 Å². The maximum Gasteiger partial charge on any atom is 0.261 e. The zero-order valence-corrected chi connectivity index (χ0v) is 13.1. The van der Waals surface area contributed by atoms with Crippen molar-refractivity contribution in [2.45, 2.75) is 32.7 Å². The van der Waals surface area contributed by atoms with Crippen LogP contribution in [0.3, 0.4) is 0 Å². The molecule has 112 valence electrons. The zero-order chi connectivity index (χ0) is 15.9. The Bertz CT molecular complexity index is 911. The van der Waals surface area contributed by atoms with Gasteiger partial charge in [-0.25, -0.2) is 0 Å². The third kappa shape index (κ3) is 2.05. The highest BCUT2D eigenvalue weighted by Crippen LogP contribution is 2.22. The number of rotatable bonds is 2. The van der Waals surface area contributed by atoms with E-state index >= 15 is 0 Å². The summed E-state index contributed by atoms with van der Waals surface area (Å²) in [6.07, 6.45) is 0.703. The van der Waals surface area contributed by atoms with Crippen molar-refractivity contribution in [1.29, 1.82) is 0 Å². The van der Waals surface area contributed by atoms with Crippen LogP contribution in [-0.2, 0) is 5.54 Å². The monoisotopic (exact) mass is 293 g/mol. The number of hydrogen-bond donors (Lipinski definition) is 0. The van der Waals surface area contributed by atoms with Crippen LogP contribution in [0.4, 0.5) is 0 Å². The first-order valence-electron chi connectivity index (χ1n) is 7.54. The Morgan fingerprint density at radius 3 is 1.50 bits per heavy atom. The molecule has 2 aromatic carbocycles. The second-order valence-electron chi connectivity index (χ2n) is 6.20. The Morgan fingerprint density at radius 2 is 1.14 bits per heavy atom. The second kappa shape index (κ2) is 5.09. The topological polar surface area (TPSA) is 39.1 Å². The molecule has 0 aliphatic heterocycles. The average molecular weight is 293 g/mol. The van der Waals surface area contributed by atoms with Gasteiger partial charge >= 0.3 is 0 Å². The van der Waals surface area contributed by atoms with Crippen LogP contribution in [0.1, 0.15) is 27.2 Å². The van der Waals surface area contributed by atoms with Crippen LogP contribution < -0.4 is 11.1 Å². The first kappa shape index (κ1) is 14.5. The minimum Gasteiger partial charge on any atom is -0.269 e. The van der Waals surface area contributed by atoms with Gasteiger partial charge in [-0.1, -0.05) is 43.3 Å². The van der Waals surface area contributed by atoms with Crippen LogP contribution in [0, 0.1) is 0 Å². The summed E-state index contributed by atoms with van der Waals surface area (Å²) >= 11 is 0. The average Bonchev–Trinajstić information content (AvgIpc) is 2.63. The van der Waals surface area contributed by atoms with E-state index in [0.29, 0.717) is 17.2 Å². The Labute approximate surface area is 128 Å². The van der Waals surface area contributed by atoms with E-state index in [1.807, 2.05) is 57.2 Å². The van der Waals surface area contributed by atoms with Crippen LogP contribution in [0.2, 0.25) is 0 Å². The smallest absolute Gasteiger partial charge is 0.261 e. The van der Waals surface area contributed by atoms with E-state index in [2.05, 4.69) is 0 Å². The lowest BCUT2D eigenvalue weighted by molar-refractivity contribution is 0.327. The number of fused-ring (bicyclic) bond motifs is 3. The summed E-state index contributed by atoms with van der Waals surface area (Å²) in [6, 6.07) is 14.9. The molecule has 0 aliphatic rings. The van der Waals surface area contributed by atoms with Gasteiger partial charge in [0.05, 0.1) is 0 Å². The molecule has 1 heterocycles. The lowest BCUT2D eigenvalue weighted by Gasteiger charge is -2.24. The standard InChI is InChI=1S/C19H19NO2/c1-4-19(2,3)20-17(21)15-11-7-5-9-13(15)14-10-6-8-12-16(14)18(20)22/h5-12H,4H2,1-3H3. The van der Waals surface area contributed by atoms with Crippen molar-refractivity contribution in [2.24, 2.45) is 0 Å². The van der Waals surface area contributed by atoms with Gasteiger partial charge < -0.3 is 0 Å². The molecule has 0 radical (unpaired) electrons. The Kier molecular flexibility index (Phi) is 3.36. The molecule has 0 saturated carbocycles. The lowest BCUT2D eigenvalue weighted by Crippen LogP contribution is -2.43. The highest BCUT2D eigenvalue weighted by atomic mass is 16.2. The van der Waals surface area contributed by atoms with E-state index in [-0.39, 0.29) is 11.1 Å². The van der Waals surface area contributed by atoms with E-state index in [1.165, 1.54) is 4.57 Å². The molecule has 3 heteroatoms. The summed E-state index contributed by atoms with van der Waals surface area (Å²) in [4.78, 5) is 26.1. The predicted molar refractivity (Wildman–Crippen MR) is 91.6 cm³/mol. The Hall–Kier alpha value is -2.42. The maximum absolute atomic E-state index is 13.0. The molecular weight excluding hydrogens is 274 g/mol. The van der Waals surface area contributed by atoms with Gasteiger partial charge in [0.1, 0.15) is 0 Å². The van der Waals surface area contributed by atoms with Crippen molar-refractivity contribution in [3.63, 3.8) is 0 Å². The van der Waals surface area contributed by atoms with Gasteiger partial charge in [-0.05, 0) is 43.2 Å². The first-order chi connectivity index (χ1) is 10.5. The molecule has 0 amide bonds. The SMILES string of the molecule is CCC(C)(C)n1c(=O)c2ccccc2c2ccccc2c1=O. The molecule has 0 bridgehead atoms. The largest absolute Gasteiger partial charge is 0.269 e. The molecule has 3 rings (SSSR count). The maximum atomic E-state index is 13.0. The zero-order valence-electron chi connectivity index (χ0n) is 13.1. The van der Waals surface area contributed by atoms with Gasteiger partial charge in [0.15, 0.2) is 0 Å². The summed E-state index contributed by atoms with van der Waals surface area (Å²) in [5, 5.41) is 2.82. The van der Waals surface area contributed by atoms with Crippen molar-refractivity contribution >= 4 is 21.5 Å². The van der Waals surface area contributed by atoms with Crippen LogP contribution >= 0.6 is 0 Å². The van der Waals surface area contributed by atoms with Gasteiger partial charge in [0.25, 0.3) is 11.1 Å². The highest BCUT2D eigenvalue weighted by molar-refractivity contribution is 6.05. The summed E-state index contributed by atoms with van der Waals surface area (Å²) in [5.41, 5.74) is -0.967. The quantitative estimate of drug-likeness (QED) is 0.723. The fourth-order valence-electron chi connectivity index (χ4n) is 2.85. The number of aromatic nitrogens is 1. The van der Waals surface area contributed by atoms with E-state index in [0.717, 1.165) is 10.8 Å². The first-order valence-corrected chi connectivity index (χ1v) is 7.54. The van der Waals surface area contributed by atoms with Crippen molar-refractivity contribution in [2.75, 3.05) is 0 Å². The molecule has 0 atom stereocenters. The molecule has 0 fully saturated rings. The summed E-state index contributed by atoms with van der Waals surface area (Å²) in [7, 11) is 0. The second-order valence-corrected chi connectivity index (χ2v) is 6.20. The Balaban J connectivity index is 2.74. The minimum absolute atomic E-state index is 0.219. The summed E-state index contributed by atoms with van der Waals surface area (Å²) in [5.74, 6) is 0. The van der Waals surface area contributed by atoms with E-state index < -0.39 is 5.54 Å². The van der Waals surface area contributed by atoms with Gasteiger partial charge in [-0.3, -0.25) is 14.2 Å². The van der Waals surface area contributed by atoms with Gasteiger partial charge in [-0.2, -0.15) is 0 Å². The molecule has 1 aromatic heterocycles. The fourth-order valence-corrected chi connectivity index (χ4v) is 2.85.